The summed E-state index contributed by atoms with van der Waals surface area (Å²) in [4.78, 5) is 22.6. The third-order valence-corrected chi connectivity index (χ3v) is 5.63. The molecule has 0 bridgehead atoms. The van der Waals surface area contributed by atoms with Crippen molar-refractivity contribution >= 4 is 22.2 Å². The molecule has 1 aliphatic heterocycles. The first-order chi connectivity index (χ1) is 11.4. The Bertz CT molecular complexity index is 489. The van der Waals surface area contributed by atoms with E-state index < -0.39 is 9.84 Å². The summed E-state index contributed by atoms with van der Waals surface area (Å²) in [6.45, 7) is 2.71. The average Bonchev–Trinajstić information content (AvgIpc) is 3.06. The fraction of sp³-hybridized carbons (Fsp3) is 0.875. The van der Waals surface area contributed by atoms with E-state index in [0.717, 1.165) is 19.0 Å². The highest BCUT2D eigenvalue weighted by molar-refractivity contribution is 7.90. The van der Waals surface area contributed by atoms with Gasteiger partial charge in [-0.2, -0.15) is 0 Å². The molecule has 2 N–H and O–H groups in total. The van der Waals surface area contributed by atoms with Gasteiger partial charge in [0.1, 0.15) is 9.84 Å². The lowest BCUT2D eigenvalue weighted by Crippen LogP contribution is -2.44. The van der Waals surface area contributed by atoms with Crippen LogP contribution in [-0.2, 0) is 19.4 Å². The number of sulfone groups is 1. The zero-order valence-corrected chi connectivity index (χ0v) is 15.3. The molecule has 0 spiro atoms. The van der Waals surface area contributed by atoms with E-state index >= 15 is 0 Å². The number of nitrogens with zero attached hydrogens (tertiary/aromatic N) is 1. The van der Waals surface area contributed by atoms with E-state index in [1.807, 2.05) is 0 Å². The van der Waals surface area contributed by atoms with Gasteiger partial charge in [-0.3, -0.25) is 9.59 Å². The second kappa shape index (κ2) is 10.7. The van der Waals surface area contributed by atoms with Crippen LogP contribution in [0.5, 0.6) is 0 Å². The zero-order valence-electron chi connectivity index (χ0n) is 14.4. The highest BCUT2D eigenvalue weighted by atomic mass is 32.2. The van der Waals surface area contributed by atoms with E-state index in [4.69, 9.17) is 9.90 Å². The molecule has 1 atom stereocenters. The summed E-state index contributed by atoms with van der Waals surface area (Å²) in [5.74, 6) is 0.317. The first-order valence-corrected chi connectivity index (χ1v) is 10.7. The van der Waals surface area contributed by atoms with E-state index in [1.165, 1.54) is 44.9 Å². The topological polar surface area (TPSA) is 104 Å². The number of rotatable bonds is 6. The Hall–Kier alpha value is -1.15. The van der Waals surface area contributed by atoms with Crippen LogP contribution < -0.4 is 5.32 Å². The molecule has 0 aromatic carbocycles. The van der Waals surface area contributed by atoms with Crippen molar-refractivity contribution in [2.45, 2.75) is 51.0 Å². The molecule has 1 aliphatic carbocycles. The molecule has 1 saturated heterocycles. The predicted molar refractivity (Wildman–Crippen MR) is 92.6 cm³/mol. The number of carbonyl (C=O) groups excluding carboxylic acids is 1. The second-order valence-electron chi connectivity index (χ2n) is 6.73. The van der Waals surface area contributed by atoms with Crippen LogP contribution in [0.3, 0.4) is 0 Å². The standard InChI is InChI=1S/C15H28N2O3S.CH2O2/c1-21(19,20)10-8-15(18)16-11-13-5-4-9-17(12-13)14-6-2-3-7-14;2-1-3/h13-14H,2-12H2,1H3,(H,16,18);1H,(H,2,3). The quantitative estimate of drug-likeness (QED) is 0.680. The van der Waals surface area contributed by atoms with Gasteiger partial charge >= 0.3 is 0 Å². The SMILES string of the molecule is CS(=O)(=O)CCC(=O)NCC1CCCN(C2CCCC2)C1.O=CO. The number of nitrogens with one attached hydrogen (secondary N) is 1. The van der Waals surface area contributed by atoms with Crippen molar-refractivity contribution in [3.05, 3.63) is 0 Å². The summed E-state index contributed by atoms with van der Waals surface area (Å²) in [5.41, 5.74) is 0. The molecule has 8 heteroatoms. The largest absolute Gasteiger partial charge is 0.483 e. The normalized spacial score (nSPS) is 22.5. The van der Waals surface area contributed by atoms with Crippen molar-refractivity contribution < 1.29 is 23.1 Å². The fourth-order valence-electron chi connectivity index (χ4n) is 3.49. The number of carboxylic acid groups (broad SMARTS) is 1. The van der Waals surface area contributed by atoms with Crippen LogP contribution in [0.2, 0.25) is 0 Å². The monoisotopic (exact) mass is 362 g/mol. The van der Waals surface area contributed by atoms with Gasteiger partial charge in [-0.25, -0.2) is 8.42 Å². The Morgan fingerprint density at radius 1 is 1.25 bits per heavy atom. The van der Waals surface area contributed by atoms with Crippen LogP contribution in [0.25, 0.3) is 0 Å². The maximum Gasteiger partial charge on any atom is 0.290 e. The van der Waals surface area contributed by atoms with Gasteiger partial charge in [-0.05, 0) is 38.1 Å². The lowest BCUT2D eigenvalue weighted by Gasteiger charge is -2.36. The molecular weight excluding hydrogens is 332 g/mol. The number of piperidine rings is 1. The van der Waals surface area contributed by atoms with Gasteiger partial charge in [0.15, 0.2) is 0 Å². The number of hydrogen-bond acceptors (Lipinski definition) is 5. The minimum atomic E-state index is -3.05. The minimum absolute atomic E-state index is 0.0578. The van der Waals surface area contributed by atoms with Crippen molar-refractivity contribution in [3.63, 3.8) is 0 Å². The van der Waals surface area contributed by atoms with E-state index in [9.17, 15) is 13.2 Å². The molecule has 7 nitrogen and oxygen atoms in total. The molecule has 2 fully saturated rings. The minimum Gasteiger partial charge on any atom is -0.483 e. The van der Waals surface area contributed by atoms with Gasteiger partial charge in [-0.15, -0.1) is 0 Å². The van der Waals surface area contributed by atoms with Crippen LogP contribution in [0.15, 0.2) is 0 Å². The Morgan fingerprint density at radius 2 is 1.88 bits per heavy atom. The fourth-order valence-corrected chi connectivity index (χ4v) is 4.05. The molecule has 0 radical (unpaired) electrons. The summed E-state index contributed by atoms with van der Waals surface area (Å²) in [5, 5.41) is 9.79. The van der Waals surface area contributed by atoms with Gasteiger partial charge < -0.3 is 15.3 Å². The highest BCUT2D eigenvalue weighted by Gasteiger charge is 2.27. The highest BCUT2D eigenvalue weighted by Crippen LogP contribution is 2.27. The van der Waals surface area contributed by atoms with E-state index in [2.05, 4.69) is 10.2 Å². The van der Waals surface area contributed by atoms with Gasteiger partial charge in [0.2, 0.25) is 5.91 Å². The van der Waals surface area contributed by atoms with Gasteiger partial charge in [0, 0.05) is 31.8 Å². The van der Waals surface area contributed by atoms with Gasteiger partial charge in [0.05, 0.1) is 5.75 Å². The molecule has 2 rings (SSSR count). The molecule has 24 heavy (non-hydrogen) atoms. The summed E-state index contributed by atoms with van der Waals surface area (Å²) in [6.07, 6.45) is 8.98. The third kappa shape index (κ3) is 8.63. The molecule has 1 heterocycles. The predicted octanol–water partition coefficient (Wildman–Crippen LogP) is 0.893. The van der Waals surface area contributed by atoms with Crippen molar-refractivity contribution in [2.24, 2.45) is 5.92 Å². The molecule has 2 aliphatic rings. The third-order valence-electron chi connectivity index (χ3n) is 4.68. The Balaban J connectivity index is 0.000000891. The lowest BCUT2D eigenvalue weighted by atomic mass is 9.96. The van der Waals surface area contributed by atoms with E-state index in [0.29, 0.717) is 12.5 Å². The molecule has 1 saturated carbocycles. The smallest absolute Gasteiger partial charge is 0.290 e. The molecule has 140 valence electrons. The zero-order chi connectivity index (χ0) is 18.0. The Labute approximate surface area is 144 Å². The molecule has 1 unspecified atom stereocenters. The Morgan fingerprint density at radius 3 is 2.46 bits per heavy atom. The summed E-state index contributed by atoms with van der Waals surface area (Å²) >= 11 is 0. The van der Waals surface area contributed by atoms with Crippen molar-refractivity contribution in [1.29, 1.82) is 0 Å². The lowest BCUT2D eigenvalue weighted by molar-refractivity contribution is -0.123. The van der Waals surface area contributed by atoms with Crippen molar-refractivity contribution in [1.82, 2.24) is 10.2 Å². The number of carbonyl (C=O) groups is 2. The average molecular weight is 362 g/mol. The summed E-state index contributed by atoms with van der Waals surface area (Å²) in [6, 6.07) is 0.758. The van der Waals surface area contributed by atoms with Gasteiger partial charge in [0.25, 0.3) is 6.47 Å². The summed E-state index contributed by atoms with van der Waals surface area (Å²) < 4.78 is 22.1. The van der Waals surface area contributed by atoms with Crippen molar-refractivity contribution in [2.75, 3.05) is 31.6 Å². The van der Waals surface area contributed by atoms with Crippen molar-refractivity contribution in [3.8, 4) is 0 Å². The maximum absolute atomic E-state index is 11.7. The van der Waals surface area contributed by atoms with E-state index in [1.54, 1.807) is 0 Å². The van der Waals surface area contributed by atoms with Crippen LogP contribution in [0.1, 0.15) is 44.9 Å². The Kier molecular flexibility index (Phi) is 9.28. The second-order valence-corrected chi connectivity index (χ2v) is 8.99. The maximum atomic E-state index is 11.7. The molecule has 1 amide bonds. The molecule has 0 aromatic heterocycles. The van der Waals surface area contributed by atoms with Crippen LogP contribution in [-0.4, -0.2) is 68.5 Å². The first-order valence-electron chi connectivity index (χ1n) is 8.62. The number of amides is 1. The molecular formula is C16H30N2O5S. The number of likely N-dealkylation sites (tertiary alicyclic amines) is 1. The first kappa shape index (κ1) is 20.9. The number of hydrogen-bond donors (Lipinski definition) is 2. The molecule has 0 aromatic rings. The van der Waals surface area contributed by atoms with Crippen LogP contribution in [0.4, 0.5) is 0 Å². The van der Waals surface area contributed by atoms with Crippen LogP contribution >= 0.6 is 0 Å². The van der Waals surface area contributed by atoms with Crippen LogP contribution in [0, 0.1) is 5.92 Å². The van der Waals surface area contributed by atoms with Gasteiger partial charge in [-0.1, -0.05) is 12.8 Å². The van der Waals surface area contributed by atoms with E-state index in [-0.39, 0.29) is 24.6 Å². The summed E-state index contributed by atoms with van der Waals surface area (Å²) in [7, 11) is -3.05.